The van der Waals surface area contributed by atoms with Gasteiger partial charge in [-0.05, 0) is 53.8 Å². The van der Waals surface area contributed by atoms with Gasteiger partial charge < -0.3 is 8.92 Å². The van der Waals surface area contributed by atoms with E-state index in [2.05, 4.69) is 20.8 Å². The monoisotopic (exact) mass is 448 g/mol. The van der Waals surface area contributed by atoms with Crippen molar-refractivity contribution in [3.05, 3.63) is 94.7 Å². The van der Waals surface area contributed by atoms with Crippen molar-refractivity contribution < 1.29 is 22.1 Å². The summed E-state index contributed by atoms with van der Waals surface area (Å²) in [4.78, 5) is 12.8. The minimum absolute atomic E-state index is 0.0386. The number of rotatable bonds is 4. The fourth-order valence-electron chi connectivity index (χ4n) is 3.33. The van der Waals surface area contributed by atoms with Gasteiger partial charge in [0, 0.05) is 6.07 Å². The van der Waals surface area contributed by atoms with Crippen LogP contribution in [0.4, 0.5) is 0 Å². The summed E-state index contributed by atoms with van der Waals surface area (Å²) < 4.78 is 36.1. The fraction of sp³-hybridized carbons (Fsp3) is 0.192. The Labute approximate surface area is 188 Å². The minimum Gasteiger partial charge on any atom is -0.452 e. The summed E-state index contributed by atoms with van der Waals surface area (Å²) in [6, 6.07) is 18.7. The Morgan fingerprint density at radius 1 is 0.906 bits per heavy atom. The Hall–Kier alpha value is -3.38. The first-order valence-corrected chi connectivity index (χ1v) is 11.6. The molecule has 0 radical (unpaired) electrons. The van der Waals surface area contributed by atoms with E-state index in [9.17, 15) is 13.2 Å². The lowest BCUT2D eigenvalue weighted by Crippen LogP contribution is -2.10. The highest BCUT2D eigenvalue weighted by atomic mass is 32.2. The standard InChI is InChI=1S/C26H24O5S/c1-17-5-12-21(13-6-17)32(28,29)31-20-11-14-22-23(16-20)30-24(25(22)27)15-18-7-9-19(10-8-18)26(2,3)4/h5-16H,1-4H3. The number of fused-ring (bicyclic) bond motifs is 1. The van der Waals surface area contributed by atoms with Gasteiger partial charge in [-0.2, -0.15) is 8.42 Å². The van der Waals surface area contributed by atoms with Gasteiger partial charge in [-0.25, -0.2) is 0 Å². The predicted molar refractivity (Wildman–Crippen MR) is 124 cm³/mol. The summed E-state index contributed by atoms with van der Waals surface area (Å²) in [7, 11) is -3.99. The normalized spacial score (nSPS) is 14.9. The number of ether oxygens (including phenoxy) is 1. The maximum Gasteiger partial charge on any atom is 0.339 e. The van der Waals surface area contributed by atoms with E-state index in [-0.39, 0.29) is 33.4 Å². The van der Waals surface area contributed by atoms with Gasteiger partial charge in [-0.15, -0.1) is 0 Å². The van der Waals surface area contributed by atoms with Crippen molar-refractivity contribution in [1.82, 2.24) is 0 Å². The first-order chi connectivity index (χ1) is 15.0. The van der Waals surface area contributed by atoms with Crippen LogP contribution in [0.25, 0.3) is 6.08 Å². The Morgan fingerprint density at radius 3 is 2.19 bits per heavy atom. The van der Waals surface area contributed by atoms with Gasteiger partial charge in [0.15, 0.2) is 5.76 Å². The third-order valence-corrected chi connectivity index (χ3v) is 6.49. The second-order valence-electron chi connectivity index (χ2n) is 8.82. The largest absolute Gasteiger partial charge is 0.452 e. The second kappa shape index (κ2) is 7.95. The van der Waals surface area contributed by atoms with Crippen molar-refractivity contribution in [2.45, 2.75) is 38.0 Å². The zero-order valence-corrected chi connectivity index (χ0v) is 19.2. The van der Waals surface area contributed by atoms with E-state index < -0.39 is 10.1 Å². The number of carbonyl (C=O) groups is 1. The van der Waals surface area contributed by atoms with E-state index in [1.165, 1.54) is 35.9 Å². The lowest BCUT2D eigenvalue weighted by Gasteiger charge is -2.18. The van der Waals surface area contributed by atoms with Crippen molar-refractivity contribution in [3.8, 4) is 11.5 Å². The van der Waals surface area contributed by atoms with Crippen LogP contribution in [0.15, 0.2) is 77.4 Å². The number of carbonyl (C=O) groups excluding carboxylic acids is 1. The molecule has 0 atom stereocenters. The molecule has 32 heavy (non-hydrogen) atoms. The molecule has 6 heteroatoms. The minimum atomic E-state index is -3.99. The lowest BCUT2D eigenvalue weighted by molar-refractivity contribution is 0.101. The smallest absolute Gasteiger partial charge is 0.339 e. The molecule has 3 aromatic rings. The Morgan fingerprint density at radius 2 is 1.56 bits per heavy atom. The van der Waals surface area contributed by atoms with Crippen LogP contribution in [-0.2, 0) is 15.5 Å². The van der Waals surface area contributed by atoms with Crippen LogP contribution < -0.4 is 8.92 Å². The molecular formula is C26H24O5S. The van der Waals surface area contributed by atoms with Crippen molar-refractivity contribution in [2.75, 3.05) is 0 Å². The highest BCUT2D eigenvalue weighted by Crippen LogP contribution is 2.36. The summed E-state index contributed by atoms with van der Waals surface area (Å²) in [5.74, 6) is 0.270. The molecular weight excluding hydrogens is 424 g/mol. The van der Waals surface area contributed by atoms with Crippen LogP contribution in [0.3, 0.4) is 0 Å². The Kier molecular flexibility index (Phi) is 5.42. The molecule has 0 fully saturated rings. The van der Waals surface area contributed by atoms with E-state index in [1.54, 1.807) is 18.2 Å². The van der Waals surface area contributed by atoms with Crippen LogP contribution in [0.5, 0.6) is 11.5 Å². The summed E-state index contributed by atoms with van der Waals surface area (Å²) >= 11 is 0. The first kappa shape index (κ1) is 21.8. The Balaban J connectivity index is 1.56. The van der Waals surface area contributed by atoms with E-state index >= 15 is 0 Å². The van der Waals surface area contributed by atoms with Crippen molar-refractivity contribution in [1.29, 1.82) is 0 Å². The highest BCUT2D eigenvalue weighted by molar-refractivity contribution is 7.87. The van der Waals surface area contributed by atoms with Crippen molar-refractivity contribution >= 4 is 22.0 Å². The zero-order valence-electron chi connectivity index (χ0n) is 18.4. The second-order valence-corrected chi connectivity index (χ2v) is 10.4. The molecule has 0 spiro atoms. The third kappa shape index (κ3) is 4.46. The van der Waals surface area contributed by atoms with Crippen molar-refractivity contribution in [3.63, 3.8) is 0 Å². The van der Waals surface area contributed by atoms with E-state index in [0.29, 0.717) is 5.56 Å². The molecule has 0 N–H and O–H groups in total. The predicted octanol–water partition coefficient (Wildman–Crippen LogP) is 5.68. The number of aryl methyl sites for hydroxylation is 1. The SMILES string of the molecule is Cc1ccc(S(=O)(=O)Oc2ccc3c(c2)OC(=Cc2ccc(C(C)(C)C)cc2)C3=O)cc1. The topological polar surface area (TPSA) is 69.7 Å². The van der Waals surface area contributed by atoms with E-state index in [1.807, 2.05) is 31.2 Å². The molecule has 0 saturated carbocycles. The molecule has 0 bridgehead atoms. The average molecular weight is 449 g/mol. The average Bonchev–Trinajstić information content (AvgIpc) is 3.02. The maximum absolute atomic E-state index is 12.7. The molecule has 1 aliphatic rings. The highest BCUT2D eigenvalue weighted by Gasteiger charge is 2.28. The number of hydrogen-bond acceptors (Lipinski definition) is 5. The molecule has 3 aromatic carbocycles. The molecule has 5 nitrogen and oxygen atoms in total. The molecule has 0 unspecified atom stereocenters. The quantitative estimate of drug-likeness (QED) is 0.380. The van der Waals surface area contributed by atoms with Crippen LogP contribution in [0, 0.1) is 6.92 Å². The molecule has 0 aromatic heterocycles. The Bertz CT molecular complexity index is 1310. The van der Waals surface area contributed by atoms with Gasteiger partial charge >= 0.3 is 10.1 Å². The fourth-order valence-corrected chi connectivity index (χ4v) is 4.25. The van der Waals surface area contributed by atoms with E-state index in [4.69, 9.17) is 8.92 Å². The van der Waals surface area contributed by atoms with Crippen LogP contribution in [0.2, 0.25) is 0 Å². The number of hydrogen-bond donors (Lipinski definition) is 0. The zero-order chi connectivity index (χ0) is 23.1. The van der Waals surface area contributed by atoms with Crippen LogP contribution in [-0.4, -0.2) is 14.2 Å². The summed E-state index contributed by atoms with van der Waals surface area (Å²) in [6.45, 7) is 8.29. The van der Waals surface area contributed by atoms with Gasteiger partial charge in [0.2, 0.25) is 5.78 Å². The maximum atomic E-state index is 12.7. The van der Waals surface area contributed by atoms with Gasteiger partial charge in [0.05, 0.1) is 5.56 Å². The van der Waals surface area contributed by atoms with Crippen LogP contribution >= 0.6 is 0 Å². The summed E-state index contributed by atoms with van der Waals surface area (Å²) in [5, 5.41) is 0. The number of benzene rings is 3. The summed E-state index contributed by atoms with van der Waals surface area (Å²) in [5.41, 5.74) is 3.38. The number of ketones is 1. The molecule has 0 saturated heterocycles. The van der Waals surface area contributed by atoms with Gasteiger partial charge in [0.25, 0.3) is 0 Å². The van der Waals surface area contributed by atoms with E-state index in [0.717, 1.165) is 11.1 Å². The molecule has 0 amide bonds. The molecule has 164 valence electrons. The molecule has 0 aliphatic carbocycles. The summed E-state index contributed by atoms with van der Waals surface area (Å²) in [6.07, 6.45) is 1.68. The molecule has 1 aliphatic heterocycles. The van der Waals surface area contributed by atoms with Crippen LogP contribution in [0.1, 0.15) is 47.8 Å². The van der Waals surface area contributed by atoms with Crippen molar-refractivity contribution in [2.24, 2.45) is 0 Å². The van der Waals surface area contributed by atoms with Gasteiger partial charge in [-0.1, -0.05) is 62.7 Å². The number of allylic oxidation sites excluding steroid dienone is 1. The molecule has 4 rings (SSSR count). The van der Waals surface area contributed by atoms with Gasteiger partial charge in [0.1, 0.15) is 16.4 Å². The van der Waals surface area contributed by atoms with Gasteiger partial charge in [-0.3, -0.25) is 4.79 Å². The first-order valence-electron chi connectivity index (χ1n) is 10.2. The lowest BCUT2D eigenvalue weighted by atomic mass is 9.86. The molecule has 1 heterocycles. The third-order valence-electron chi connectivity index (χ3n) is 5.23. The number of Topliss-reactive ketones (excluding diaryl/α,β-unsaturated/α-hetero) is 1.